The second-order valence-corrected chi connectivity index (χ2v) is 5.79. The van der Waals surface area contributed by atoms with E-state index < -0.39 is 5.60 Å². The molecule has 2 rings (SSSR count). The molecule has 0 radical (unpaired) electrons. The Labute approximate surface area is 120 Å². The normalized spacial score (nSPS) is 16.9. The van der Waals surface area contributed by atoms with Crippen LogP contribution in [0, 0.1) is 5.92 Å². The Kier molecular flexibility index (Phi) is 4.33. The van der Waals surface area contributed by atoms with Gasteiger partial charge in [0.2, 0.25) is 0 Å². The Morgan fingerprint density at radius 1 is 1.35 bits per heavy atom. The van der Waals surface area contributed by atoms with E-state index >= 15 is 0 Å². The van der Waals surface area contributed by atoms with Gasteiger partial charge in [-0.2, -0.15) is 0 Å². The average Bonchev–Trinajstić information content (AvgIpc) is 2.41. The van der Waals surface area contributed by atoms with Crippen molar-refractivity contribution in [2.24, 2.45) is 5.92 Å². The molecule has 1 amide bonds. The van der Waals surface area contributed by atoms with Crippen LogP contribution in [0.5, 0.6) is 5.75 Å². The number of aliphatic hydroxyl groups is 1. The van der Waals surface area contributed by atoms with E-state index in [9.17, 15) is 9.90 Å². The van der Waals surface area contributed by atoms with Crippen molar-refractivity contribution < 1.29 is 14.6 Å². The summed E-state index contributed by atoms with van der Waals surface area (Å²) in [6, 6.07) is 7.77. The van der Waals surface area contributed by atoms with Gasteiger partial charge in [0.25, 0.3) is 5.91 Å². The van der Waals surface area contributed by atoms with E-state index in [1.807, 2.05) is 38.1 Å². The minimum atomic E-state index is -0.724. The first kappa shape index (κ1) is 14.9. The molecule has 0 saturated carbocycles. The topological polar surface area (TPSA) is 49.8 Å². The third-order valence-corrected chi connectivity index (χ3v) is 4.05. The predicted molar refractivity (Wildman–Crippen MR) is 77.7 cm³/mol. The van der Waals surface area contributed by atoms with E-state index in [4.69, 9.17) is 4.74 Å². The monoisotopic (exact) mass is 277 g/mol. The van der Waals surface area contributed by atoms with Crippen molar-refractivity contribution in [3.8, 4) is 5.75 Å². The SMILES string of the molecule is CCc1ccc(OCC(=O)N2CC(O)(C(C)C)C2)cc1. The number of hydrogen-bond donors (Lipinski definition) is 1. The molecule has 1 N–H and O–H groups in total. The molecule has 0 spiro atoms. The Morgan fingerprint density at radius 2 is 1.95 bits per heavy atom. The van der Waals surface area contributed by atoms with Crippen molar-refractivity contribution in [1.82, 2.24) is 4.90 Å². The molecule has 4 nitrogen and oxygen atoms in total. The van der Waals surface area contributed by atoms with Crippen molar-refractivity contribution in [3.63, 3.8) is 0 Å². The average molecular weight is 277 g/mol. The molecule has 110 valence electrons. The highest BCUT2D eigenvalue weighted by Gasteiger charge is 2.45. The first-order chi connectivity index (χ1) is 9.44. The Hall–Kier alpha value is -1.55. The van der Waals surface area contributed by atoms with Crippen LogP contribution in [0.25, 0.3) is 0 Å². The van der Waals surface area contributed by atoms with Gasteiger partial charge in [-0.05, 0) is 30.0 Å². The predicted octanol–water partition coefficient (Wildman–Crippen LogP) is 1.86. The van der Waals surface area contributed by atoms with Gasteiger partial charge in [0, 0.05) is 0 Å². The minimum Gasteiger partial charge on any atom is -0.484 e. The Morgan fingerprint density at radius 3 is 2.45 bits per heavy atom. The molecule has 1 fully saturated rings. The number of carbonyl (C=O) groups excluding carboxylic acids is 1. The fraction of sp³-hybridized carbons (Fsp3) is 0.562. The fourth-order valence-corrected chi connectivity index (χ4v) is 2.21. The Balaban J connectivity index is 1.79. The van der Waals surface area contributed by atoms with E-state index in [0.717, 1.165) is 6.42 Å². The summed E-state index contributed by atoms with van der Waals surface area (Å²) in [6.07, 6.45) is 0.987. The molecule has 0 aromatic heterocycles. The number of carbonyl (C=O) groups is 1. The second-order valence-electron chi connectivity index (χ2n) is 5.79. The summed E-state index contributed by atoms with van der Waals surface area (Å²) >= 11 is 0. The lowest BCUT2D eigenvalue weighted by Gasteiger charge is -2.48. The largest absolute Gasteiger partial charge is 0.484 e. The lowest BCUT2D eigenvalue weighted by molar-refractivity contribution is -0.165. The zero-order valence-corrected chi connectivity index (χ0v) is 12.4. The molecule has 0 atom stereocenters. The van der Waals surface area contributed by atoms with E-state index in [1.165, 1.54) is 5.56 Å². The van der Waals surface area contributed by atoms with Crippen molar-refractivity contribution in [2.45, 2.75) is 32.8 Å². The number of nitrogens with zero attached hydrogens (tertiary/aromatic N) is 1. The molecule has 1 aliphatic heterocycles. The fourth-order valence-electron chi connectivity index (χ4n) is 2.21. The summed E-state index contributed by atoms with van der Waals surface area (Å²) in [4.78, 5) is 13.6. The van der Waals surface area contributed by atoms with Crippen molar-refractivity contribution in [1.29, 1.82) is 0 Å². The summed E-state index contributed by atoms with van der Waals surface area (Å²) in [6.45, 7) is 6.86. The molecule has 1 aliphatic rings. The van der Waals surface area contributed by atoms with Crippen molar-refractivity contribution in [3.05, 3.63) is 29.8 Å². The minimum absolute atomic E-state index is 0.0274. The summed E-state index contributed by atoms with van der Waals surface area (Å²) in [5.74, 6) is 0.791. The quantitative estimate of drug-likeness (QED) is 0.893. The zero-order valence-electron chi connectivity index (χ0n) is 12.4. The number of amides is 1. The van der Waals surface area contributed by atoms with Gasteiger partial charge in [0.15, 0.2) is 6.61 Å². The smallest absolute Gasteiger partial charge is 0.260 e. The Bertz CT molecular complexity index is 461. The summed E-state index contributed by atoms with van der Waals surface area (Å²) in [5.41, 5.74) is 0.520. The number of β-amino-alcohol motifs (C(OH)–C–C–N with tert-alkyl or cyclic N) is 1. The highest BCUT2D eigenvalue weighted by molar-refractivity contribution is 5.79. The van der Waals surface area contributed by atoms with Crippen LogP contribution in [-0.2, 0) is 11.2 Å². The van der Waals surface area contributed by atoms with Gasteiger partial charge < -0.3 is 14.7 Å². The molecule has 1 aromatic rings. The van der Waals surface area contributed by atoms with Crippen molar-refractivity contribution in [2.75, 3.05) is 19.7 Å². The number of aryl methyl sites for hydroxylation is 1. The molecule has 1 heterocycles. The van der Waals surface area contributed by atoms with Crippen LogP contribution in [0.15, 0.2) is 24.3 Å². The van der Waals surface area contributed by atoms with Gasteiger partial charge in [-0.1, -0.05) is 32.9 Å². The van der Waals surface area contributed by atoms with Crippen LogP contribution in [0.2, 0.25) is 0 Å². The molecule has 20 heavy (non-hydrogen) atoms. The molecule has 1 aromatic carbocycles. The second kappa shape index (κ2) is 5.83. The summed E-state index contributed by atoms with van der Waals surface area (Å²) in [7, 11) is 0. The number of hydrogen-bond acceptors (Lipinski definition) is 3. The third kappa shape index (κ3) is 3.12. The highest BCUT2D eigenvalue weighted by atomic mass is 16.5. The molecular formula is C16H23NO3. The van der Waals surface area contributed by atoms with Gasteiger partial charge >= 0.3 is 0 Å². The van der Waals surface area contributed by atoms with Crippen LogP contribution < -0.4 is 4.74 Å². The molecule has 0 unspecified atom stereocenters. The van der Waals surface area contributed by atoms with Crippen molar-refractivity contribution >= 4 is 5.91 Å². The van der Waals surface area contributed by atoms with Gasteiger partial charge in [-0.25, -0.2) is 0 Å². The van der Waals surface area contributed by atoms with Crippen LogP contribution >= 0.6 is 0 Å². The van der Waals surface area contributed by atoms with E-state index in [1.54, 1.807) is 4.90 Å². The first-order valence-corrected chi connectivity index (χ1v) is 7.16. The van der Waals surface area contributed by atoms with Crippen LogP contribution in [0.1, 0.15) is 26.3 Å². The lowest BCUT2D eigenvalue weighted by atomic mass is 9.83. The molecule has 1 saturated heterocycles. The summed E-state index contributed by atoms with van der Waals surface area (Å²) < 4.78 is 5.48. The van der Waals surface area contributed by atoms with Gasteiger partial charge in [-0.3, -0.25) is 4.79 Å². The van der Waals surface area contributed by atoms with Crippen LogP contribution in [-0.4, -0.2) is 41.2 Å². The van der Waals surface area contributed by atoms with E-state index in [2.05, 4.69) is 6.92 Å². The maximum Gasteiger partial charge on any atom is 0.260 e. The van der Waals surface area contributed by atoms with E-state index in [-0.39, 0.29) is 18.4 Å². The van der Waals surface area contributed by atoms with Crippen LogP contribution in [0.4, 0.5) is 0 Å². The number of rotatable bonds is 5. The third-order valence-electron chi connectivity index (χ3n) is 4.05. The van der Waals surface area contributed by atoms with E-state index in [0.29, 0.717) is 18.8 Å². The first-order valence-electron chi connectivity index (χ1n) is 7.16. The number of ether oxygens (including phenoxy) is 1. The molecule has 0 aliphatic carbocycles. The maximum atomic E-state index is 11.9. The lowest BCUT2D eigenvalue weighted by Crippen LogP contribution is -2.66. The summed E-state index contributed by atoms with van der Waals surface area (Å²) in [5, 5.41) is 10.1. The maximum absolute atomic E-state index is 11.9. The molecule has 4 heteroatoms. The molecule has 0 bridgehead atoms. The highest BCUT2D eigenvalue weighted by Crippen LogP contribution is 2.28. The standard InChI is InChI=1S/C16H23NO3/c1-4-13-5-7-14(8-6-13)20-9-15(18)17-10-16(19,11-17)12(2)3/h5-8,12,19H,4,9-11H2,1-3H3. The number of likely N-dealkylation sites (tertiary alicyclic amines) is 1. The van der Waals surface area contributed by atoms with Crippen LogP contribution in [0.3, 0.4) is 0 Å². The van der Waals surface area contributed by atoms with Gasteiger partial charge in [0.05, 0.1) is 13.1 Å². The van der Waals surface area contributed by atoms with Gasteiger partial charge in [0.1, 0.15) is 11.4 Å². The zero-order chi connectivity index (χ0) is 14.8. The number of benzene rings is 1. The molecular weight excluding hydrogens is 254 g/mol. The van der Waals surface area contributed by atoms with Gasteiger partial charge in [-0.15, -0.1) is 0 Å².